The number of ether oxygens (including phenoxy) is 2. The third kappa shape index (κ3) is 4.11. The number of methoxy groups -OCH3 is 1. The summed E-state index contributed by atoms with van der Waals surface area (Å²) in [6.45, 7) is 7.99. The fourth-order valence-electron chi connectivity index (χ4n) is 2.23. The highest BCUT2D eigenvalue weighted by Gasteiger charge is 2.19. The third-order valence-corrected chi connectivity index (χ3v) is 3.39. The minimum absolute atomic E-state index is 0.0465. The largest absolute Gasteiger partial charge is 0.493 e. The molecule has 1 heterocycles. The van der Waals surface area contributed by atoms with Crippen LogP contribution < -0.4 is 14.8 Å². The molecule has 0 aromatic heterocycles. The number of piperazine rings is 1. The van der Waals surface area contributed by atoms with E-state index in [1.807, 2.05) is 17.0 Å². The standard InChI is InChI=1S/C16H24N2O3/c1-12(2)11-21-14-5-4-13(10-15(14)20-3)16(19)18-8-6-17-7-9-18/h4-5,10,12,17H,6-9,11H2,1-3H3. The number of nitrogens with zero attached hydrogens (tertiary/aromatic N) is 1. The number of amides is 1. The van der Waals surface area contributed by atoms with Crippen LogP contribution in [0.25, 0.3) is 0 Å². The van der Waals surface area contributed by atoms with Gasteiger partial charge in [0.15, 0.2) is 11.5 Å². The van der Waals surface area contributed by atoms with E-state index in [1.54, 1.807) is 13.2 Å². The molecule has 1 aliphatic rings. The maximum atomic E-state index is 12.4. The van der Waals surface area contributed by atoms with E-state index in [0.717, 1.165) is 26.2 Å². The molecule has 0 saturated carbocycles. The average Bonchev–Trinajstić information content (AvgIpc) is 2.52. The maximum absolute atomic E-state index is 12.4. The first-order chi connectivity index (χ1) is 10.1. The molecule has 1 amide bonds. The fraction of sp³-hybridized carbons (Fsp3) is 0.562. The molecule has 1 fully saturated rings. The zero-order valence-electron chi connectivity index (χ0n) is 13.0. The molecule has 1 aromatic rings. The van der Waals surface area contributed by atoms with Crippen LogP contribution in [0.4, 0.5) is 0 Å². The number of nitrogens with one attached hydrogen (secondary N) is 1. The Kier molecular flexibility index (Phi) is 5.44. The van der Waals surface area contributed by atoms with Crippen molar-refractivity contribution >= 4 is 5.91 Å². The molecule has 1 N–H and O–H groups in total. The van der Waals surface area contributed by atoms with E-state index in [0.29, 0.717) is 29.6 Å². The van der Waals surface area contributed by atoms with Gasteiger partial charge in [0, 0.05) is 31.7 Å². The SMILES string of the molecule is COc1cc(C(=O)N2CCNCC2)ccc1OCC(C)C. The summed E-state index contributed by atoms with van der Waals surface area (Å²) in [4.78, 5) is 14.3. The topological polar surface area (TPSA) is 50.8 Å². The van der Waals surface area contributed by atoms with Crippen LogP contribution in [0.15, 0.2) is 18.2 Å². The molecule has 1 saturated heterocycles. The lowest BCUT2D eigenvalue weighted by Gasteiger charge is -2.27. The van der Waals surface area contributed by atoms with Gasteiger partial charge in [-0.15, -0.1) is 0 Å². The van der Waals surface area contributed by atoms with Crippen LogP contribution in [-0.4, -0.2) is 50.7 Å². The number of carbonyl (C=O) groups excluding carboxylic acids is 1. The lowest BCUT2D eigenvalue weighted by molar-refractivity contribution is 0.0735. The van der Waals surface area contributed by atoms with Crippen molar-refractivity contribution in [3.05, 3.63) is 23.8 Å². The monoisotopic (exact) mass is 292 g/mol. The molecule has 21 heavy (non-hydrogen) atoms. The molecule has 5 heteroatoms. The molecule has 1 aliphatic heterocycles. The van der Waals surface area contributed by atoms with Crippen LogP contribution in [-0.2, 0) is 0 Å². The molecule has 0 aliphatic carbocycles. The van der Waals surface area contributed by atoms with E-state index in [1.165, 1.54) is 0 Å². The van der Waals surface area contributed by atoms with Gasteiger partial charge in [0.05, 0.1) is 13.7 Å². The van der Waals surface area contributed by atoms with Gasteiger partial charge in [-0.3, -0.25) is 4.79 Å². The molecule has 2 rings (SSSR count). The normalized spacial score (nSPS) is 15.1. The molecule has 0 atom stereocenters. The van der Waals surface area contributed by atoms with Crippen LogP contribution in [0.3, 0.4) is 0 Å². The van der Waals surface area contributed by atoms with Crippen molar-refractivity contribution in [2.45, 2.75) is 13.8 Å². The van der Waals surface area contributed by atoms with Gasteiger partial charge in [0.2, 0.25) is 0 Å². The second kappa shape index (κ2) is 7.31. The van der Waals surface area contributed by atoms with Crippen LogP contribution in [0.1, 0.15) is 24.2 Å². The first-order valence-electron chi connectivity index (χ1n) is 7.42. The summed E-state index contributed by atoms with van der Waals surface area (Å²) in [5.41, 5.74) is 0.644. The van der Waals surface area contributed by atoms with Gasteiger partial charge in [0.1, 0.15) is 0 Å². The smallest absolute Gasteiger partial charge is 0.254 e. The Morgan fingerprint density at radius 1 is 1.29 bits per heavy atom. The van der Waals surface area contributed by atoms with Crippen LogP contribution >= 0.6 is 0 Å². The van der Waals surface area contributed by atoms with E-state index in [2.05, 4.69) is 19.2 Å². The van der Waals surface area contributed by atoms with Crippen LogP contribution in [0.2, 0.25) is 0 Å². The lowest BCUT2D eigenvalue weighted by atomic mass is 10.1. The molecule has 0 radical (unpaired) electrons. The molecule has 1 aromatic carbocycles. The van der Waals surface area contributed by atoms with Gasteiger partial charge >= 0.3 is 0 Å². The molecule has 0 spiro atoms. The highest BCUT2D eigenvalue weighted by Crippen LogP contribution is 2.29. The van der Waals surface area contributed by atoms with Crippen molar-refractivity contribution in [3.63, 3.8) is 0 Å². The van der Waals surface area contributed by atoms with E-state index < -0.39 is 0 Å². The quantitative estimate of drug-likeness (QED) is 0.899. The Morgan fingerprint density at radius 2 is 2.00 bits per heavy atom. The van der Waals surface area contributed by atoms with Crippen LogP contribution in [0, 0.1) is 5.92 Å². The minimum Gasteiger partial charge on any atom is -0.493 e. The van der Waals surface area contributed by atoms with Gasteiger partial charge in [0.25, 0.3) is 5.91 Å². The Labute approximate surface area is 126 Å². The summed E-state index contributed by atoms with van der Waals surface area (Å²) in [5.74, 6) is 1.78. The fourth-order valence-corrected chi connectivity index (χ4v) is 2.23. The van der Waals surface area contributed by atoms with Crippen molar-refractivity contribution in [2.24, 2.45) is 5.92 Å². The second-order valence-corrected chi connectivity index (χ2v) is 5.61. The zero-order chi connectivity index (χ0) is 15.2. The van der Waals surface area contributed by atoms with E-state index >= 15 is 0 Å². The number of carbonyl (C=O) groups is 1. The maximum Gasteiger partial charge on any atom is 0.254 e. The second-order valence-electron chi connectivity index (χ2n) is 5.61. The van der Waals surface area contributed by atoms with Crippen molar-refractivity contribution in [3.8, 4) is 11.5 Å². The zero-order valence-corrected chi connectivity index (χ0v) is 13.0. The van der Waals surface area contributed by atoms with Crippen LogP contribution in [0.5, 0.6) is 11.5 Å². The summed E-state index contributed by atoms with van der Waals surface area (Å²) in [7, 11) is 1.59. The van der Waals surface area contributed by atoms with Gasteiger partial charge in [-0.2, -0.15) is 0 Å². The Hall–Kier alpha value is -1.75. The van der Waals surface area contributed by atoms with Crippen molar-refractivity contribution < 1.29 is 14.3 Å². The van der Waals surface area contributed by atoms with Crippen molar-refractivity contribution in [2.75, 3.05) is 39.9 Å². The number of benzene rings is 1. The first kappa shape index (κ1) is 15.6. The molecular weight excluding hydrogens is 268 g/mol. The van der Waals surface area contributed by atoms with E-state index in [-0.39, 0.29) is 5.91 Å². The van der Waals surface area contributed by atoms with Gasteiger partial charge in [-0.25, -0.2) is 0 Å². The number of hydrogen-bond donors (Lipinski definition) is 1. The third-order valence-electron chi connectivity index (χ3n) is 3.39. The van der Waals surface area contributed by atoms with Gasteiger partial charge < -0.3 is 19.7 Å². The van der Waals surface area contributed by atoms with E-state index in [9.17, 15) is 4.79 Å². The number of rotatable bonds is 5. The highest BCUT2D eigenvalue weighted by molar-refractivity contribution is 5.95. The van der Waals surface area contributed by atoms with Gasteiger partial charge in [-0.05, 0) is 24.1 Å². The Balaban J connectivity index is 2.11. The molecule has 116 valence electrons. The Bertz CT molecular complexity index is 482. The first-order valence-corrected chi connectivity index (χ1v) is 7.42. The Morgan fingerprint density at radius 3 is 2.62 bits per heavy atom. The van der Waals surface area contributed by atoms with E-state index in [4.69, 9.17) is 9.47 Å². The summed E-state index contributed by atoms with van der Waals surface area (Å²) >= 11 is 0. The summed E-state index contributed by atoms with van der Waals surface area (Å²) in [5, 5.41) is 3.24. The molecule has 5 nitrogen and oxygen atoms in total. The van der Waals surface area contributed by atoms with Gasteiger partial charge in [-0.1, -0.05) is 13.8 Å². The average molecular weight is 292 g/mol. The predicted octanol–water partition coefficient (Wildman–Crippen LogP) is 1.78. The minimum atomic E-state index is 0.0465. The predicted molar refractivity (Wildman–Crippen MR) is 82.1 cm³/mol. The summed E-state index contributed by atoms with van der Waals surface area (Å²) in [6, 6.07) is 5.39. The summed E-state index contributed by atoms with van der Waals surface area (Å²) < 4.78 is 11.1. The lowest BCUT2D eigenvalue weighted by Crippen LogP contribution is -2.46. The molecule has 0 unspecified atom stereocenters. The molecular formula is C16H24N2O3. The van der Waals surface area contributed by atoms with Crippen molar-refractivity contribution in [1.29, 1.82) is 0 Å². The highest BCUT2D eigenvalue weighted by atomic mass is 16.5. The molecule has 0 bridgehead atoms. The number of hydrogen-bond acceptors (Lipinski definition) is 4. The summed E-state index contributed by atoms with van der Waals surface area (Å²) in [6.07, 6.45) is 0. The van der Waals surface area contributed by atoms with Crippen molar-refractivity contribution in [1.82, 2.24) is 10.2 Å².